The number of anilines is 3. The quantitative estimate of drug-likeness (QED) is 0.160. The van der Waals surface area contributed by atoms with E-state index in [0.717, 1.165) is 17.1 Å². The summed E-state index contributed by atoms with van der Waals surface area (Å²) in [4.78, 5) is 2.54. The van der Waals surface area contributed by atoms with E-state index in [9.17, 15) is 0 Å². The van der Waals surface area contributed by atoms with Gasteiger partial charge in [0.1, 0.15) is 0 Å². The summed E-state index contributed by atoms with van der Waals surface area (Å²) in [7, 11) is 0. The fourth-order valence-corrected chi connectivity index (χ4v) is 15.2. The minimum Gasteiger partial charge on any atom is -0.310 e. The normalized spacial score (nSPS) is 16.2. The van der Waals surface area contributed by atoms with Gasteiger partial charge in [-0.25, -0.2) is 0 Å². The minimum absolute atomic E-state index is 0.0116. The molecule has 0 fully saturated rings. The summed E-state index contributed by atoms with van der Waals surface area (Å²) < 4.78 is 0. The Morgan fingerprint density at radius 3 is 1.30 bits per heavy atom. The lowest BCUT2D eigenvalue weighted by molar-refractivity contribution is 0.589. The van der Waals surface area contributed by atoms with E-state index < -0.39 is 5.41 Å². The lowest BCUT2D eigenvalue weighted by atomic mass is 9.70. The topological polar surface area (TPSA) is 3.24 Å². The number of hydrogen-bond acceptors (Lipinski definition) is 1. The minimum atomic E-state index is -0.530. The Balaban J connectivity index is 0.943. The molecule has 0 aliphatic heterocycles. The van der Waals surface area contributed by atoms with Crippen molar-refractivity contribution in [2.24, 2.45) is 0 Å². The number of rotatable bonds is 6. The van der Waals surface area contributed by atoms with Crippen molar-refractivity contribution in [2.75, 3.05) is 4.90 Å². The van der Waals surface area contributed by atoms with Crippen LogP contribution in [-0.2, 0) is 27.1 Å². The molecule has 1 heteroatoms. The maximum absolute atomic E-state index is 2.56. The summed E-state index contributed by atoms with van der Waals surface area (Å²) in [5, 5.41) is 0. The van der Waals surface area contributed by atoms with E-state index >= 15 is 0 Å². The Morgan fingerprint density at radius 1 is 0.284 bits per heavy atom. The second-order valence-corrected chi connectivity index (χ2v) is 26.1. The van der Waals surface area contributed by atoms with Crippen LogP contribution >= 0.6 is 0 Å². The van der Waals surface area contributed by atoms with Gasteiger partial charge in [0.2, 0.25) is 0 Å². The molecule has 0 radical (unpaired) electrons. The van der Waals surface area contributed by atoms with Crippen LogP contribution < -0.4 is 4.90 Å². The highest BCUT2D eigenvalue weighted by Gasteiger charge is 2.52. The Bertz CT molecular complexity index is 4340. The van der Waals surface area contributed by atoms with Crippen molar-refractivity contribution < 1.29 is 0 Å². The first-order valence-corrected chi connectivity index (χ1v) is 29.2. The van der Waals surface area contributed by atoms with Crippen LogP contribution in [0.5, 0.6) is 0 Å². The molecule has 0 saturated carbocycles. The van der Waals surface area contributed by atoms with Crippen LogP contribution in [0, 0.1) is 0 Å². The largest absolute Gasteiger partial charge is 0.310 e. The van der Waals surface area contributed by atoms with Gasteiger partial charge >= 0.3 is 0 Å². The van der Waals surface area contributed by atoms with Gasteiger partial charge in [-0.05, 0) is 182 Å². The second-order valence-electron chi connectivity index (χ2n) is 26.1. The summed E-state index contributed by atoms with van der Waals surface area (Å²) >= 11 is 0. The molecule has 392 valence electrons. The van der Waals surface area contributed by atoms with E-state index in [4.69, 9.17) is 0 Å². The SMILES string of the molecule is CC(C)(C)c1ccc2c(c1)-c1cc(C(C)(C)C)ccc1C21c2ccccc2-c2ccc(N(c3ccc(-c4ccccc4-c4cccc5c4C(C)(C)c4ccccc4-5)cc3)c3ccc4c(c3)C(C)(c3ccccc3)c3ccccc3-4)cc21. The molecule has 1 unspecified atom stereocenters. The standard InChI is InChI=1S/C80H67N/c1-76(2,3)52-36-44-71-66(46-52)67-47-53(77(4,5)6)37-45-72(67)80(71)70-33-20-17-27-60(70)63-43-41-56(49-74(63)80)81(55-40-42-62-59-26-16-19-32-69(59)79(9,73(62)48-55)51-22-11-10-12-23-51)54-38-34-50(35-39-54)57-24-13-14-25-58(57)64-29-21-30-65-61-28-15-18-31-68(61)78(7,8)75(64)65/h10-49H,1-9H3. The molecule has 0 bridgehead atoms. The Morgan fingerprint density at radius 2 is 0.704 bits per heavy atom. The number of hydrogen-bond donors (Lipinski definition) is 0. The molecule has 0 saturated heterocycles. The van der Waals surface area contributed by atoms with Gasteiger partial charge in [-0.2, -0.15) is 0 Å². The molecule has 15 rings (SSSR count). The molecule has 81 heavy (non-hydrogen) atoms. The van der Waals surface area contributed by atoms with Gasteiger partial charge in [0.15, 0.2) is 0 Å². The van der Waals surface area contributed by atoms with Crippen molar-refractivity contribution in [2.45, 2.75) is 89.4 Å². The third kappa shape index (κ3) is 6.97. The predicted molar refractivity (Wildman–Crippen MR) is 341 cm³/mol. The lowest BCUT2D eigenvalue weighted by Crippen LogP contribution is -2.26. The van der Waals surface area contributed by atoms with E-state index in [0.29, 0.717) is 0 Å². The van der Waals surface area contributed by atoms with Crippen molar-refractivity contribution in [3.05, 3.63) is 304 Å². The van der Waals surface area contributed by atoms with Crippen LogP contribution in [0.25, 0.3) is 66.8 Å². The average Bonchev–Trinajstić information content (AvgIpc) is 3.19. The molecule has 0 heterocycles. The van der Waals surface area contributed by atoms with Crippen LogP contribution in [0.15, 0.2) is 243 Å². The molecular weight excluding hydrogens is 975 g/mol. The van der Waals surface area contributed by atoms with Crippen LogP contribution in [0.4, 0.5) is 17.1 Å². The van der Waals surface area contributed by atoms with Crippen LogP contribution in [0.3, 0.4) is 0 Å². The maximum Gasteiger partial charge on any atom is 0.0726 e. The third-order valence-electron chi connectivity index (χ3n) is 19.3. The van der Waals surface area contributed by atoms with Gasteiger partial charge < -0.3 is 4.90 Å². The van der Waals surface area contributed by atoms with Crippen LogP contribution in [-0.4, -0.2) is 0 Å². The maximum atomic E-state index is 2.56. The predicted octanol–water partition coefficient (Wildman–Crippen LogP) is 21.1. The van der Waals surface area contributed by atoms with E-state index in [1.807, 2.05) is 0 Å². The zero-order valence-electron chi connectivity index (χ0n) is 48.0. The van der Waals surface area contributed by atoms with Crippen molar-refractivity contribution >= 4 is 17.1 Å². The first-order valence-electron chi connectivity index (χ1n) is 29.2. The molecule has 4 aliphatic rings. The highest BCUT2D eigenvalue weighted by Crippen LogP contribution is 2.65. The van der Waals surface area contributed by atoms with E-state index in [-0.39, 0.29) is 21.7 Å². The molecule has 1 atom stereocenters. The molecule has 11 aromatic carbocycles. The molecule has 1 nitrogen and oxygen atoms in total. The summed E-state index contributed by atoms with van der Waals surface area (Å²) in [6.45, 7) is 21.3. The Hall–Kier alpha value is -8.78. The second kappa shape index (κ2) is 17.4. The number of fused-ring (bicyclic) bond motifs is 16. The van der Waals surface area contributed by atoms with Crippen molar-refractivity contribution in [3.63, 3.8) is 0 Å². The van der Waals surface area contributed by atoms with E-state index in [2.05, 4.69) is 310 Å². The first-order chi connectivity index (χ1) is 39.1. The first kappa shape index (κ1) is 49.3. The Kier molecular flexibility index (Phi) is 10.6. The van der Waals surface area contributed by atoms with E-state index in [1.165, 1.54) is 128 Å². The number of nitrogens with zero attached hydrogens (tertiary/aromatic N) is 1. The molecule has 1 spiro atoms. The molecule has 0 N–H and O–H groups in total. The molecule has 0 amide bonds. The fourth-order valence-electron chi connectivity index (χ4n) is 15.2. The van der Waals surface area contributed by atoms with Crippen LogP contribution in [0.2, 0.25) is 0 Å². The van der Waals surface area contributed by atoms with Gasteiger partial charge in [0, 0.05) is 27.9 Å². The zero-order chi connectivity index (χ0) is 55.4. The molecule has 4 aliphatic carbocycles. The Labute approximate surface area is 479 Å². The summed E-state index contributed by atoms with van der Waals surface area (Å²) in [5.41, 5.74) is 32.6. The monoisotopic (exact) mass is 1040 g/mol. The zero-order valence-corrected chi connectivity index (χ0v) is 48.0. The highest BCUT2D eigenvalue weighted by molar-refractivity contribution is 5.98. The highest BCUT2D eigenvalue weighted by atomic mass is 15.1. The van der Waals surface area contributed by atoms with Gasteiger partial charge in [-0.1, -0.05) is 262 Å². The van der Waals surface area contributed by atoms with Crippen molar-refractivity contribution in [3.8, 4) is 66.8 Å². The lowest BCUT2D eigenvalue weighted by Gasteiger charge is -2.33. The van der Waals surface area contributed by atoms with Gasteiger partial charge in [0.25, 0.3) is 0 Å². The van der Waals surface area contributed by atoms with Gasteiger partial charge in [-0.3, -0.25) is 0 Å². The smallest absolute Gasteiger partial charge is 0.0726 e. The molecule has 11 aromatic rings. The van der Waals surface area contributed by atoms with Gasteiger partial charge in [0.05, 0.1) is 5.41 Å². The summed E-state index contributed by atoms with van der Waals surface area (Å²) in [6, 6.07) is 93.2. The van der Waals surface area contributed by atoms with E-state index in [1.54, 1.807) is 0 Å². The molecule has 0 aromatic heterocycles. The third-order valence-corrected chi connectivity index (χ3v) is 19.3. The number of benzene rings is 11. The van der Waals surface area contributed by atoms with Crippen molar-refractivity contribution in [1.29, 1.82) is 0 Å². The summed E-state index contributed by atoms with van der Waals surface area (Å²) in [5.74, 6) is 0. The molecular formula is C80H67N. The van der Waals surface area contributed by atoms with Crippen LogP contribution in [0.1, 0.15) is 124 Å². The van der Waals surface area contributed by atoms with Gasteiger partial charge in [-0.15, -0.1) is 0 Å². The van der Waals surface area contributed by atoms with Crippen molar-refractivity contribution in [1.82, 2.24) is 0 Å². The fraction of sp³-hybridized carbons (Fsp3) is 0.175. The summed E-state index contributed by atoms with van der Waals surface area (Å²) in [6.07, 6.45) is 0. The average molecular weight is 1040 g/mol.